The van der Waals surface area contributed by atoms with Crippen LogP contribution in [0.15, 0.2) is 29.2 Å². The van der Waals surface area contributed by atoms with Gasteiger partial charge in [0.2, 0.25) is 0 Å². The Morgan fingerprint density at radius 3 is 2.60 bits per heavy atom. The lowest BCUT2D eigenvalue weighted by atomic mass is 9.97. The van der Waals surface area contributed by atoms with E-state index in [0.29, 0.717) is 0 Å². The van der Waals surface area contributed by atoms with Crippen LogP contribution in [0.4, 0.5) is 0 Å². The quantitative estimate of drug-likeness (QED) is 0.399. The van der Waals surface area contributed by atoms with Crippen molar-refractivity contribution in [1.82, 2.24) is 0 Å². The molecule has 0 radical (unpaired) electrons. The van der Waals surface area contributed by atoms with Crippen LogP contribution in [0.1, 0.15) is 0 Å². The highest BCUT2D eigenvalue weighted by atomic mass is 32.2. The first-order chi connectivity index (χ1) is 4.70. The summed E-state index contributed by atoms with van der Waals surface area (Å²) < 4.78 is 10.9. The Kier molecular flexibility index (Phi) is 2.41. The van der Waals surface area contributed by atoms with Crippen LogP contribution in [0.5, 0.6) is 0 Å². The van der Waals surface area contributed by atoms with E-state index in [-0.39, 0.29) is 0 Å². The van der Waals surface area contributed by atoms with Gasteiger partial charge in [-0.15, -0.1) is 0 Å². The Morgan fingerprint density at radius 1 is 1.50 bits per heavy atom. The van der Waals surface area contributed by atoms with Crippen LogP contribution in [0.3, 0.4) is 0 Å². The molecule has 0 aliphatic carbocycles. The van der Waals surface area contributed by atoms with Crippen molar-refractivity contribution in [1.29, 1.82) is 0 Å². The molecule has 0 aromatic heterocycles. The molecule has 1 aromatic carbocycles. The summed E-state index contributed by atoms with van der Waals surface area (Å²) in [5.41, 5.74) is 1.16. The van der Waals surface area contributed by atoms with Gasteiger partial charge in [0, 0.05) is 0 Å². The van der Waals surface area contributed by atoms with E-state index >= 15 is 0 Å². The average molecular weight is 152 g/mol. The zero-order valence-electron chi connectivity index (χ0n) is 6.13. The molecule has 0 bridgehead atoms. The molecule has 0 amide bonds. The Hall–Kier alpha value is -0.405. The largest absolute Gasteiger partial charge is 0.612 e. The summed E-state index contributed by atoms with van der Waals surface area (Å²) in [6.45, 7) is 0. The fourth-order valence-electron chi connectivity index (χ4n) is 0.794. The van der Waals surface area contributed by atoms with Crippen LogP contribution < -0.4 is 5.46 Å². The van der Waals surface area contributed by atoms with E-state index in [2.05, 4.69) is 0 Å². The fraction of sp³-hybridized carbons (Fsp3) is 0.143. The van der Waals surface area contributed by atoms with Crippen LogP contribution >= 0.6 is 0 Å². The second kappa shape index (κ2) is 3.13. The number of hydrogen-bond acceptors (Lipinski definition) is 1. The van der Waals surface area contributed by atoms with Gasteiger partial charge in [0.15, 0.2) is 4.90 Å². The molecule has 0 saturated carbocycles. The molecule has 0 fully saturated rings. The van der Waals surface area contributed by atoms with Crippen LogP contribution in [-0.2, 0) is 11.2 Å². The smallest absolute Gasteiger partial charge is 0.151 e. The van der Waals surface area contributed by atoms with E-state index in [1.807, 2.05) is 32.1 Å². The fourth-order valence-corrected chi connectivity index (χ4v) is 1.42. The molecule has 0 aliphatic heterocycles. The Morgan fingerprint density at radius 2 is 2.20 bits per heavy atom. The lowest BCUT2D eigenvalue weighted by molar-refractivity contribution is 0.601. The van der Waals surface area contributed by atoms with Crippen molar-refractivity contribution in [2.75, 3.05) is 6.26 Å². The maximum atomic E-state index is 10.9. The third-order valence-corrected chi connectivity index (χ3v) is 2.24. The third-order valence-electron chi connectivity index (χ3n) is 1.32. The monoisotopic (exact) mass is 152 g/mol. The van der Waals surface area contributed by atoms with Crippen LogP contribution in [-0.4, -0.2) is 18.7 Å². The summed E-state index contributed by atoms with van der Waals surface area (Å²) in [5, 5.41) is 0. The van der Waals surface area contributed by atoms with E-state index < -0.39 is 11.2 Å². The summed E-state index contributed by atoms with van der Waals surface area (Å²) in [6.07, 6.45) is 1.69. The van der Waals surface area contributed by atoms with Gasteiger partial charge < -0.3 is 4.55 Å². The predicted octanol–water partition coefficient (Wildman–Crippen LogP) is -0.318. The maximum absolute atomic E-state index is 10.9. The van der Waals surface area contributed by atoms with Crippen molar-refractivity contribution in [3.63, 3.8) is 0 Å². The first kappa shape index (κ1) is 7.70. The third kappa shape index (κ3) is 1.79. The van der Waals surface area contributed by atoms with Crippen LogP contribution in [0.25, 0.3) is 0 Å². The highest BCUT2D eigenvalue weighted by Crippen LogP contribution is 2.04. The van der Waals surface area contributed by atoms with Crippen molar-refractivity contribution < 1.29 is 4.55 Å². The van der Waals surface area contributed by atoms with Gasteiger partial charge >= 0.3 is 0 Å². The van der Waals surface area contributed by atoms with Crippen molar-refractivity contribution >= 4 is 24.5 Å². The highest BCUT2D eigenvalue weighted by molar-refractivity contribution is 7.90. The van der Waals surface area contributed by atoms with Crippen molar-refractivity contribution in [3.8, 4) is 0 Å². The Bertz CT molecular complexity index is 225. The molecule has 1 atom stereocenters. The Balaban J connectivity index is 2.96. The van der Waals surface area contributed by atoms with Gasteiger partial charge in [-0.2, -0.15) is 0 Å². The Labute approximate surface area is 65.0 Å². The highest BCUT2D eigenvalue weighted by Gasteiger charge is 2.00. The van der Waals surface area contributed by atoms with Gasteiger partial charge in [-0.1, -0.05) is 17.6 Å². The molecule has 1 nitrogen and oxygen atoms in total. The van der Waals surface area contributed by atoms with Crippen molar-refractivity contribution in [3.05, 3.63) is 24.3 Å². The molecule has 0 heterocycles. The zero-order valence-corrected chi connectivity index (χ0v) is 6.94. The number of benzene rings is 1. The van der Waals surface area contributed by atoms with E-state index in [1.54, 1.807) is 6.26 Å². The van der Waals surface area contributed by atoms with Crippen LogP contribution in [0, 0.1) is 0 Å². The summed E-state index contributed by atoms with van der Waals surface area (Å²) in [4.78, 5) is 0.903. The lowest BCUT2D eigenvalue weighted by Gasteiger charge is -2.03. The van der Waals surface area contributed by atoms with E-state index in [0.717, 1.165) is 10.4 Å². The minimum absolute atomic E-state index is 0.839. The standard InChI is InChI=1S/C7H9BOS/c1-10(9)7-4-2-3-6(8)5-7/h2-5H,8H2,1H3. The molecule has 10 heavy (non-hydrogen) atoms. The molecule has 0 N–H and O–H groups in total. The topological polar surface area (TPSA) is 23.1 Å². The van der Waals surface area contributed by atoms with E-state index in [9.17, 15) is 4.55 Å². The predicted molar refractivity (Wildman–Crippen MR) is 47.0 cm³/mol. The zero-order chi connectivity index (χ0) is 7.56. The lowest BCUT2D eigenvalue weighted by Crippen LogP contribution is -2.05. The first-order valence-corrected chi connectivity index (χ1v) is 4.66. The SMILES string of the molecule is Bc1cccc([S+](C)[O-])c1. The second-order valence-electron chi connectivity index (χ2n) is 2.27. The van der Waals surface area contributed by atoms with Crippen molar-refractivity contribution in [2.45, 2.75) is 4.90 Å². The van der Waals surface area contributed by atoms with Gasteiger partial charge in [-0.05, 0) is 23.3 Å². The summed E-state index contributed by atoms with van der Waals surface area (Å²) in [7, 11) is 2.00. The van der Waals surface area contributed by atoms with E-state index in [4.69, 9.17) is 0 Å². The molecule has 1 aromatic rings. The summed E-state index contributed by atoms with van der Waals surface area (Å²) >= 11 is -0.839. The summed E-state index contributed by atoms with van der Waals surface area (Å²) in [6, 6.07) is 7.74. The molecule has 0 aliphatic rings. The van der Waals surface area contributed by atoms with E-state index in [1.165, 1.54) is 0 Å². The van der Waals surface area contributed by atoms with Gasteiger partial charge in [0.05, 0.1) is 0 Å². The molecule has 0 spiro atoms. The first-order valence-electron chi connectivity index (χ1n) is 3.10. The molecular weight excluding hydrogens is 143 g/mol. The summed E-state index contributed by atoms with van der Waals surface area (Å²) in [5.74, 6) is 0. The molecule has 0 saturated heterocycles. The molecule has 1 unspecified atom stereocenters. The molecular formula is C7H9BOS. The van der Waals surface area contributed by atoms with Crippen molar-refractivity contribution in [2.24, 2.45) is 0 Å². The number of rotatable bonds is 1. The van der Waals surface area contributed by atoms with Gasteiger partial charge in [0.25, 0.3) is 0 Å². The van der Waals surface area contributed by atoms with Crippen LogP contribution in [0.2, 0.25) is 0 Å². The normalized spacial score (nSPS) is 13.0. The minimum Gasteiger partial charge on any atom is -0.612 e. The molecule has 1 rings (SSSR count). The molecule has 3 heteroatoms. The second-order valence-corrected chi connectivity index (χ2v) is 3.65. The minimum atomic E-state index is -0.839. The van der Waals surface area contributed by atoms with Gasteiger partial charge in [0.1, 0.15) is 14.1 Å². The van der Waals surface area contributed by atoms with Gasteiger partial charge in [-0.25, -0.2) is 0 Å². The average Bonchev–Trinajstić information content (AvgIpc) is 1.88. The van der Waals surface area contributed by atoms with Gasteiger partial charge in [-0.3, -0.25) is 0 Å². The number of hydrogen-bond donors (Lipinski definition) is 0. The molecule has 52 valence electrons. The maximum Gasteiger partial charge on any atom is 0.151 e.